The minimum Gasteiger partial charge on any atom is -0.383 e. The van der Waals surface area contributed by atoms with Crippen molar-refractivity contribution >= 4 is 33.4 Å². The molecule has 0 saturated carbocycles. The minimum atomic E-state index is 0.691. The molecule has 0 aliphatic carbocycles. The van der Waals surface area contributed by atoms with Crippen molar-refractivity contribution in [2.75, 3.05) is 38.3 Å². The normalized spacial score (nSPS) is 22.6. The molecule has 0 aromatic heterocycles. The van der Waals surface area contributed by atoms with E-state index in [1.807, 2.05) is 0 Å². The lowest BCUT2D eigenvalue weighted by Gasteiger charge is -2.36. The number of nitrogens with zero attached hydrogens (tertiary/aromatic N) is 1. The Kier molecular flexibility index (Phi) is 6.86. The summed E-state index contributed by atoms with van der Waals surface area (Å²) in [6, 6.07) is 6.69. The molecule has 2 atom stereocenters. The van der Waals surface area contributed by atoms with Crippen LogP contribution in [0.1, 0.15) is 19.4 Å². The van der Waals surface area contributed by atoms with Crippen LogP contribution in [0.4, 0.5) is 5.69 Å². The van der Waals surface area contributed by atoms with Gasteiger partial charge in [-0.3, -0.25) is 0 Å². The lowest BCUT2D eigenvalue weighted by molar-refractivity contribution is 0.199. The van der Waals surface area contributed by atoms with Crippen molar-refractivity contribution in [2.45, 2.75) is 30.9 Å². The van der Waals surface area contributed by atoms with Gasteiger partial charge >= 0.3 is 0 Å². The van der Waals surface area contributed by atoms with Gasteiger partial charge in [-0.15, -0.1) is 0 Å². The average Bonchev–Trinajstić information content (AvgIpc) is 2.42. The number of anilines is 1. The Morgan fingerprint density at radius 3 is 2.67 bits per heavy atom. The largest absolute Gasteiger partial charge is 0.383 e. The summed E-state index contributed by atoms with van der Waals surface area (Å²) in [6.07, 6.45) is 0. The van der Waals surface area contributed by atoms with Gasteiger partial charge in [-0.05, 0) is 33.6 Å². The Balaban J connectivity index is 1.98. The summed E-state index contributed by atoms with van der Waals surface area (Å²) in [5, 5.41) is 4.76. The van der Waals surface area contributed by atoms with E-state index in [2.05, 4.69) is 70.0 Å². The van der Waals surface area contributed by atoms with Gasteiger partial charge in [0.1, 0.15) is 0 Å². The molecule has 0 amide bonds. The van der Waals surface area contributed by atoms with Crippen molar-refractivity contribution in [1.82, 2.24) is 5.32 Å². The van der Waals surface area contributed by atoms with E-state index in [0.717, 1.165) is 32.8 Å². The maximum absolute atomic E-state index is 5.04. The van der Waals surface area contributed by atoms with Crippen molar-refractivity contribution in [1.29, 1.82) is 0 Å². The molecule has 2 rings (SSSR count). The van der Waals surface area contributed by atoms with Crippen LogP contribution in [0, 0.1) is 0 Å². The molecule has 1 aliphatic rings. The van der Waals surface area contributed by atoms with Gasteiger partial charge < -0.3 is 15.0 Å². The number of halogens is 1. The number of rotatable bonds is 6. The van der Waals surface area contributed by atoms with Crippen LogP contribution in [0.25, 0.3) is 0 Å². The van der Waals surface area contributed by atoms with Crippen molar-refractivity contribution in [2.24, 2.45) is 0 Å². The van der Waals surface area contributed by atoms with E-state index in [-0.39, 0.29) is 0 Å². The second-order valence-corrected chi connectivity index (χ2v) is 8.35. The van der Waals surface area contributed by atoms with Crippen molar-refractivity contribution < 1.29 is 4.74 Å². The third-order valence-electron chi connectivity index (χ3n) is 3.58. The van der Waals surface area contributed by atoms with Crippen LogP contribution in [-0.2, 0) is 11.3 Å². The van der Waals surface area contributed by atoms with Gasteiger partial charge in [0, 0.05) is 48.3 Å². The number of nitrogens with one attached hydrogen (secondary N) is 1. The molecule has 1 N–H and O–H groups in total. The van der Waals surface area contributed by atoms with Crippen molar-refractivity contribution in [3.63, 3.8) is 0 Å². The Hall–Kier alpha value is -0.230. The van der Waals surface area contributed by atoms with Crippen molar-refractivity contribution in [3.8, 4) is 0 Å². The first-order valence-electron chi connectivity index (χ1n) is 7.48. The second-order valence-electron chi connectivity index (χ2n) is 5.62. The monoisotopic (exact) mass is 372 g/mol. The number of ether oxygens (including phenoxy) is 1. The molecule has 3 nitrogen and oxygen atoms in total. The Morgan fingerprint density at radius 1 is 1.33 bits per heavy atom. The lowest BCUT2D eigenvalue weighted by Crippen LogP contribution is -2.40. The predicted octanol–water partition coefficient (Wildman–Crippen LogP) is 3.52. The zero-order chi connectivity index (χ0) is 15.2. The van der Waals surface area contributed by atoms with Gasteiger partial charge in [0.15, 0.2) is 0 Å². The first-order valence-corrected chi connectivity index (χ1v) is 9.22. The maximum Gasteiger partial charge on any atom is 0.0587 e. The molecule has 2 unspecified atom stereocenters. The topological polar surface area (TPSA) is 24.5 Å². The van der Waals surface area contributed by atoms with Gasteiger partial charge in [-0.1, -0.05) is 19.9 Å². The van der Waals surface area contributed by atoms with E-state index in [4.69, 9.17) is 4.74 Å². The van der Waals surface area contributed by atoms with Crippen LogP contribution in [-0.4, -0.2) is 43.9 Å². The molecule has 1 aliphatic heterocycles. The van der Waals surface area contributed by atoms with Crippen LogP contribution in [0.3, 0.4) is 0 Å². The molecule has 1 heterocycles. The predicted molar refractivity (Wildman–Crippen MR) is 96.5 cm³/mol. The van der Waals surface area contributed by atoms with Gasteiger partial charge in [-0.2, -0.15) is 11.8 Å². The zero-order valence-electron chi connectivity index (χ0n) is 13.1. The second kappa shape index (κ2) is 8.42. The molecule has 1 fully saturated rings. The van der Waals surface area contributed by atoms with E-state index < -0.39 is 0 Å². The fourth-order valence-corrected chi connectivity index (χ4v) is 4.70. The highest BCUT2D eigenvalue weighted by Gasteiger charge is 2.23. The van der Waals surface area contributed by atoms with Crippen LogP contribution in [0.15, 0.2) is 22.7 Å². The molecule has 118 valence electrons. The molecule has 1 saturated heterocycles. The maximum atomic E-state index is 5.04. The SMILES string of the molecule is COCCNCc1ccc(N2CC(C)SC(C)C2)c(Br)c1. The van der Waals surface area contributed by atoms with E-state index in [1.54, 1.807) is 7.11 Å². The molecule has 0 spiro atoms. The molecular formula is C16H25BrN2OS. The molecule has 0 bridgehead atoms. The first-order chi connectivity index (χ1) is 10.1. The minimum absolute atomic E-state index is 0.691. The Morgan fingerprint density at radius 2 is 2.05 bits per heavy atom. The van der Waals surface area contributed by atoms with Gasteiger partial charge in [0.05, 0.1) is 12.3 Å². The van der Waals surface area contributed by atoms with Crippen LogP contribution >= 0.6 is 27.7 Å². The van der Waals surface area contributed by atoms with E-state index in [1.165, 1.54) is 15.7 Å². The fourth-order valence-electron chi connectivity index (χ4n) is 2.70. The molecule has 21 heavy (non-hydrogen) atoms. The average molecular weight is 373 g/mol. The smallest absolute Gasteiger partial charge is 0.0587 e. The van der Waals surface area contributed by atoms with Gasteiger partial charge in [0.25, 0.3) is 0 Å². The summed E-state index contributed by atoms with van der Waals surface area (Å²) in [6.45, 7) is 9.39. The van der Waals surface area contributed by atoms with Crippen LogP contribution in [0.2, 0.25) is 0 Å². The van der Waals surface area contributed by atoms with Gasteiger partial charge in [-0.25, -0.2) is 0 Å². The highest BCUT2D eigenvalue weighted by molar-refractivity contribution is 9.10. The molecule has 5 heteroatoms. The number of methoxy groups -OCH3 is 1. The van der Waals surface area contributed by atoms with E-state index >= 15 is 0 Å². The van der Waals surface area contributed by atoms with Gasteiger partial charge in [0.2, 0.25) is 0 Å². The zero-order valence-corrected chi connectivity index (χ0v) is 15.5. The summed E-state index contributed by atoms with van der Waals surface area (Å²) in [5.41, 5.74) is 2.61. The Bertz CT molecular complexity index is 448. The van der Waals surface area contributed by atoms with Crippen LogP contribution < -0.4 is 10.2 Å². The molecular weight excluding hydrogens is 348 g/mol. The van der Waals surface area contributed by atoms with Crippen molar-refractivity contribution in [3.05, 3.63) is 28.2 Å². The third kappa shape index (κ3) is 5.16. The van der Waals surface area contributed by atoms with E-state index in [9.17, 15) is 0 Å². The summed E-state index contributed by atoms with van der Waals surface area (Å²) in [4.78, 5) is 2.50. The standard InChI is InChI=1S/C16H25BrN2OS/c1-12-10-19(11-13(2)21-12)16-5-4-14(8-15(16)17)9-18-6-7-20-3/h4-5,8,12-13,18H,6-7,9-11H2,1-3H3. The number of thioether (sulfide) groups is 1. The summed E-state index contributed by atoms with van der Waals surface area (Å²) in [7, 11) is 1.73. The van der Waals surface area contributed by atoms with Crippen LogP contribution in [0.5, 0.6) is 0 Å². The molecule has 1 aromatic carbocycles. The van der Waals surface area contributed by atoms with E-state index in [0.29, 0.717) is 10.5 Å². The molecule has 0 radical (unpaired) electrons. The number of hydrogen-bond acceptors (Lipinski definition) is 4. The summed E-state index contributed by atoms with van der Waals surface area (Å²) in [5.74, 6) is 0. The molecule has 1 aromatic rings. The highest BCUT2D eigenvalue weighted by atomic mass is 79.9. The Labute approximate surface area is 140 Å². The fraction of sp³-hybridized carbons (Fsp3) is 0.625. The number of benzene rings is 1. The summed E-state index contributed by atoms with van der Waals surface area (Å²) >= 11 is 5.83. The third-order valence-corrected chi connectivity index (χ3v) is 5.45. The summed E-state index contributed by atoms with van der Waals surface area (Å²) < 4.78 is 6.24. The first kappa shape index (κ1) is 17.1. The number of hydrogen-bond donors (Lipinski definition) is 1. The lowest BCUT2D eigenvalue weighted by atomic mass is 10.1. The quantitative estimate of drug-likeness (QED) is 0.772. The highest BCUT2D eigenvalue weighted by Crippen LogP contribution is 2.33.